The molecule has 0 radical (unpaired) electrons. The second kappa shape index (κ2) is 7.00. The smallest absolute Gasteiger partial charge is 0.180 e. The summed E-state index contributed by atoms with van der Waals surface area (Å²) in [7, 11) is 0. The topological polar surface area (TPSA) is 54.5 Å². The Morgan fingerprint density at radius 2 is 1.55 bits per heavy atom. The van der Waals surface area contributed by atoms with Crippen LogP contribution in [0.5, 0.6) is 0 Å². The number of hydrogen-bond acceptors (Lipinski definition) is 4. The van der Waals surface area contributed by atoms with E-state index in [4.69, 9.17) is 11.6 Å². The minimum absolute atomic E-state index is 0.0847. The van der Waals surface area contributed by atoms with Gasteiger partial charge in [-0.1, -0.05) is 78.4 Å². The van der Waals surface area contributed by atoms with Crippen LogP contribution in [-0.2, 0) is 4.79 Å². The molecule has 2 heterocycles. The molecule has 5 heteroatoms. The maximum atomic E-state index is 14.2. The van der Waals surface area contributed by atoms with Crippen LogP contribution in [0.2, 0.25) is 5.02 Å². The molecular formula is C28H20ClNO3. The summed E-state index contributed by atoms with van der Waals surface area (Å²) in [4.78, 5) is 43.6. The summed E-state index contributed by atoms with van der Waals surface area (Å²) in [6, 6.07) is 20.7. The fraction of sp³-hybridized carbons (Fsp3) is 0.179. The number of ketones is 3. The van der Waals surface area contributed by atoms with Crippen molar-refractivity contribution >= 4 is 40.7 Å². The average molecular weight is 454 g/mol. The lowest BCUT2D eigenvalue weighted by atomic mass is 9.64. The van der Waals surface area contributed by atoms with Gasteiger partial charge in [0, 0.05) is 27.8 Å². The molecule has 33 heavy (non-hydrogen) atoms. The Morgan fingerprint density at radius 1 is 0.909 bits per heavy atom. The Hall–Kier alpha value is -3.50. The number of carbonyl (C=O) groups is 3. The molecule has 0 bridgehead atoms. The summed E-state index contributed by atoms with van der Waals surface area (Å²) < 4.78 is 0. The van der Waals surface area contributed by atoms with E-state index in [0.717, 1.165) is 16.8 Å². The van der Waals surface area contributed by atoms with Gasteiger partial charge in [-0.2, -0.15) is 0 Å². The van der Waals surface area contributed by atoms with Crippen molar-refractivity contribution in [3.63, 3.8) is 0 Å². The molecule has 3 aromatic rings. The van der Waals surface area contributed by atoms with Gasteiger partial charge in [0.1, 0.15) is 5.41 Å². The predicted octanol–water partition coefficient (Wildman–Crippen LogP) is 5.36. The van der Waals surface area contributed by atoms with E-state index in [-0.39, 0.29) is 17.3 Å². The van der Waals surface area contributed by atoms with Gasteiger partial charge in [-0.15, -0.1) is 0 Å². The van der Waals surface area contributed by atoms with E-state index in [1.54, 1.807) is 37.3 Å². The second-order valence-corrected chi connectivity index (χ2v) is 9.37. The lowest BCUT2D eigenvalue weighted by Gasteiger charge is -2.37. The van der Waals surface area contributed by atoms with E-state index in [0.29, 0.717) is 16.1 Å². The highest BCUT2D eigenvalue weighted by molar-refractivity contribution is 6.32. The van der Waals surface area contributed by atoms with E-state index in [2.05, 4.69) is 0 Å². The van der Waals surface area contributed by atoms with Crippen LogP contribution in [0.4, 0.5) is 5.69 Å². The summed E-state index contributed by atoms with van der Waals surface area (Å²) in [5, 5.41) is 0.588. The van der Waals surface area contributed by atoms with Gasteiger partial charge in [0.2, 0.25) is 0 Å². The van der Waals surface area contributed by atoms with Crippen molar-refractivity contribution in [2.45, 2.75) is 24.9 Å². The second-order valence-electron chi connectivity index (χ2n) is 8.93. The highest BCUT2D eigenvalue weighted by Gasteiger charge is 2.71. The zero-order valence-electron chi connectivity index (χ0n) is 17.9. The molecule has 3 aromatic carbocycles. The Labute approximate surface area is 196 Å². The van der Waals surface area contributed by atoms with Crippen LogP contribution in [0.3, 0.4) is 0 Å². The predicted molar refractivity (Wildman–Crippen MR) is 128 cm³/mol. The zero-order chi connectivity index (χ0) is 22.9. The minimum atomic E-state index is -1.42. The molecule has 1 aliphatic carbocycles. The van der Waals surface area contributed by atoms with Crippen LogP contribution in [0.1, 0.15) is 44.7 Å². The van der Waals surface area contributed by atoms with E-state index in [1.165, 1.54) is 0 Å². The molecule has 1 unspecified atom stereocenters. The number of halogens is 1. The molecule has 0 saturated carbocycles. The Bertz CT molecular complexity index is 1340. The third-order valence-electron chi connectivity index (χ3n) is 7.34. The van der Waals surface area contributed by atoms with Gasteiger partial charge >= 0.3 is 0 Å². The number of anilines is 1. The maximum Gasteiger partial charge on any atom is 0.180 e. The largest absolute Gasteiger partial charge is 0.352 e. The molecule has 1 fully saturated rings. The first-order valence-corrected chi connectivity index (χ1v) is 11.3. The summed E-state index contributed by atoms with van der Waals surface area (Å²) in [5.41, 5.74) is 1.93. The van der Waals surface area contributed by atoms with E-state index in [1.807, 2.05) is 59.5 Å². The molecule has 0 amide bonds. The van der Waals surface area contributed by atoms with Crippen LogP contribution < -0.4 is 4.90 Å². The van der Waals surface area contributed by atoms with Gasteiger partial charge in [-0.25, -0.2) is 0 Å². The lowest BCUT2D eigenvalue weighted by molar-refractivity contribution is -0.118. The first-order chi connectivity index (χ1) is 16.0. The maximum absolute atomic E-state index is 14.2. The van der Waals surface area contributed by atoms with Crippen LogP contribution in [0, 0.1) is 5.41 Å². The van der Waals surface area contributed by atoms with Gasteiger partial charge in [0.25, 0.3) is 0 Å². The molecule has 2 aliphatic heterocycles. The zero-order valence-corrected chi connectivity index (χ0v) is 18.6. The van der Waals surface area contributed by atoms with E-state index < -0.39 is 23.4 Å². The van der Waals surface area contributed by atoms with Crippen molar-refractivity contribution in [1.29, 1.82) is 0 Å². The van der Waals surface area contributed by atoms with Crippen molar-refractivity contribution < 1.29 is 14.4 Å². The van der Waals surface area contributed by atoms with Crippen LogP contribution >= 0.6 is 11.6 Å². The molecule has 1 saturated heterocycles. The molecule has 0 N–H and O–H groups in total. The van der Waals surface area contributed by atoms with Gasteiger partial charge in [-0.3, -0.25) is 14.4 Å². The number of benzene rings is 3. The molecule has 3 atom stereocenters. The minimum Gasteiger partial charge on any atom is -0.352 e. The highest BCUT2D eigenvalue weighted by atomic mass is 35.5. The molecule has 0 aromatic heterocycles. The fourth-order valence-electron chi connectivity index (χ4n) is 6.13. The molecule has 4 nitrogen and oxygen atoms in total. The molecule has 1 spiro atoms. The monoisotopic (exact) mass is 453 g/mol. The highest BCUT2D eigenvalue weighted by Crippen LogP contribution is 2.60. The van der Waals surface area contributed by atoms with Crippen molar-refractivity contribution in [2.75, 3.05) is 4.90 Å². The molecule has 162 valence electrons. The Balaban J connectivity index is 1.68. The number of Topliss-reactive ketones (excluding diaryl/α,β-unsaturated/α-hetero) is 3. The number of fused-ring (bicyclic) bond motifs is 5. The van der Waals surface area contributed by atoms with Crippen LogP contribution in [-0.4, -0.2) is 29.4 Å². The summed E-state index contributed by atoms with van der Waals surface area (Å²) in [6.45, 7) is 1.54. The van der Waals surface area contributed by atoms with Gasteiger partial charge in [0.05, 0.1) is 12.1 Å². The number of carbonyl (C=O) groups excluding carboxylic acids is 3. The molecular weight excluding hydrogens is 434 g/mol. The number of rotatable bonds is 2. The first kappa shape index (κ1) is 20.1. The van der Waals surface area contributed by atoms with Crippen molar-refractivity contribution in [2.24, 2.45) is 5.41 Å². The van der Waals surface area contributed by atoms with E-state index >= 15 is 0 Å². The summed E-state index contributed by atoms with van der Waals surface area (Å²) in [5.74, 6) is -1.13. The Morgan fingerprint density at radius 3 is 2.18 bits per heavy atom. The van der Waals surface area contributed by atoms with E-state index in [9.17, 15) is 14.4 Å². The molecule has 3 aliphatic rings. The Kier molecular flexibility index (Phi) is 4.27. The van der Waals surface area contributed by atoms with Crippen molar-refractivity contribution in [3.05, 3.63) is 106 Å². The summed E-state index contributed by atoms with van der Waals surface area (Å²) >= 11 is 6.24. The van der Waals surface area contributed by atoms with Crippen molar-refractivity contribution in [3.8, 4) is 0 Å². The van der Waals surface area contributed by atoms with Crippen LogP contribution in [0.25, 0.3) is 6.08 Å². The van der Waals surface area contributed by atoms with Crippen LogP contribution in [0.15, 0.2) is 78.9 Å². The van der Waals surface area contributed by atoms with Gasteiger partial charge in [-0.05, 0) is 36.2 Å². The van der Waals surface area contributed by atoms with Crippen molar-refractivity contribution in [1.82, 2.24) is 0 Å². The average Bonchev–Trinajstić information content (AvgIpc) is 3.26. The van der Waals surface area contributed by atoms with Gasteiger partial charge in [0.15, 0.2) is 17.3 Å². The third kappa shape index (κ3) is 2.50. The number of nitrogens with zero attached hydrogens (tertiary/aromatic N) is 1. The quantitative estimate of drug-likeness (QED) is 0.490. The summed E-state index contributed by atoms with van der Waals surface area (Å²) in [6.07, 6.45) is 3.82. The third-order valence-corrected chi connectivity index (χ3v) is 7.58. The fourth-order valence-corrected chi connectivity index (χ4v) is 6.31. The van der Waals surface area contributed by atoms with Gasteiger partial charge < -0.3 is 4.90 Å². The normalized spacial score (nSPS) is 24.1. The SMILES string of the molecule is CC(=O)[C@H]1[C@H](c2ccccc2)C2(C(=O)c3ccccc3C2=O)C2C=Cc3cc(Cl)ccc3N21. The number of hydrogen-bond donors (Lipinski definition) is 0. The first-order valence-electron chi connectivity index (χ1n) is 11.0. The molecule has 6 rings (SSSR count). The standard InChI is InChI=1S/C28H20ClNO3/c1-16(31)25-24(17-7-3-2-4-8-17)28(26(32)20-9-5-6-10-21(20)27(28)33)23-14-11-18-15-19(29)12-13-22(18)30(23)25/h2-15,23-25H,1H3/t23?,24-,25-/m0/s1. The lowest BCUT2D eigenvalue weighted by Crippen LogP contribution is -2.48.